The Morgan fingerprint density at radius 1 is 0.731 bits per heavy atom. The van der Waals surface area contributed by atoms with Crippen molar-refractivity contribution in [1.29, 1.82) is 0 Å². The number of hydrogen-bond donors (Lipinski definition) is 2. The third-order valence-corrected chi connectivity index (χ3v) is 9.87. The summed E-state index contributed by atoms with van der Waals surface area (Å²) in [4.78, 5) is 44.7. The molecule has 4 rings (SSSR count). The molecule has 274 valence electrons. The lowest BCUT2D eigenvalue weighted by Gasteiger charge is -2.34. The van der Waals surface area contributed by atoms with Crippen molar-refractivity contribution in [3.8, 4) is 11.1 Å². The van der Waals surface area contributed by atoms with Gasteiger partial charge in [-0.2, -0.15) is 0 Å². The molecule has 4 aromatic carbocycles. The van der Waals surface area contributed by atoms with E-state index < -0.39 is 41.1 Å². The second-order valence-electron chi connectivity index (χ2n) is 13.4. The van der Waals surface area contributed by atoms with Crippen LogP contribution in [0.5, 0.6) is 0 Å². The average Bonchev–Trinajstić information content (AvgIpc) is 3.17. The molecule has 0 fully saturated rings. The number of hydrogen-bond acceptors (Lipinski definition) is 4. The Bertz CT molecular complexity index is 1790. The number of benzene rings is 4. The van der Waals surface area contributed by atoms with Crippen LogP contribution < -0.4 is 11.1 Å². The Kier molecular flexibility index (Phi) is 14.4. The molecule has 0 aliphatic rings. The van der Waals surface area contributed by atoms with Crippen LogP contribution in [0, 0.1) is 11.6 Å². The van der Waals surface area contributed by atoms with E-state index in [0.29, 0.717) is 24.9 Å². The largest absolute Gasteiger partial charge is 0.354 e. The molecule has 0 saturated heterocycles. The van der Waals surface area contributed by atoms with Crippen LogP contribution in [0.15, 0.2) is 115 Å². The summed E-state index contributed by atoms with van der Waals surface area (Å²) in [5.74, 6) is -3.36. The van der Waals surface area contributed by atoms with Gasteiger partial charge >= 0.3 is 0 Å². The monoisotopic (exact) mass is 708 g/mol. The molecule has 3 amide bonds. The standard InChI is InChI=1S/C43H50F2N4O3/c1-5-43(46,6-2)26-13-18-40(50)48(3)39(29-32-19-22-35(23-20-32)34-16-11-8-12-17-34)42(52)49(4)38(30-33-21-24-36(44)37(45)28-33)41(51)47-27-25-31-14-9-7-10-15-31/h7-24,28,38-39H,5-6,25-27,29-30,46H2,1-4H3,(H,47,51)/t38-,39-/m1/s1. The van der Waals surface area contributed by atoms with Crippen LogP contribution in [0.2, 0.25) is 0 Å². The molecule has 52 heavy (non-hydrogen) atoms. The SMILES string of the molecule is CCC(N)(CC)CC=CC(=O)N(C)[C@H](Cc1ccc(-c2ccccc2)cc1)C(=O)N(C)[C@H](Cc1ccc(F)c(F)c1)C(=O)NCCc1ccccc1. The highest BCUT2D eigenvalue weighted by atomic mass is 19.2. The molecular formula is C43H50F2N4O3. The second kappa shape index (κ2) is 18.9. The van der Waals surface area contributed by atoms with Gasteiger partial charge in [0.25, 0.3) is 0 Å². The zero-order chi connectivity index (χ0) is 37.7. The highest BCUT2D eigenvalue weighted by Crippen LogP contribution is 2.22. The van der Waals surface area contributed by atoms with E-state index in [1.165, 1.54) is 29.0 Å². The fourth-order valence-electron chi connectivity index (χ4n) is 6.06. The summed E-state index contributed by atoms with van der Waals surface area (Å²) < 4.78 is 28.1. The van der Waals surface area contributed by atoms with Gasteiger partial charge in [0, 0.05) is 39.0 Å². The molecule has 9 heteroatoms. The van der Waals surface area contributed by atoms with Crippen molar-refractivity contribution in [3.05, 3.63) is 144 Å². The van der Waals surface area contributed by atoms with Crippen molar-refractivity contribution in [2.24, 2.45) is 5.73 Å². The van der Waals surface area contributed by atoms with Gasteiger partial charge in [0.15, 0.2) is 11.6 Å². The predicted molar refractivity (Wildman–Crippen MR) is 203 cm³/mol. The van der Waals surface area contributed by atoms with Crippen molar-refractivity contribution in [2.45, 2.75) is 70.0 Å². The number of nitrogens with one attached hydrogen (secondary N) is 1. The van der Waals surface area contributed by atoms with E-state index in [1.54, 1.807) is 13.1 Å². The zero-order valence-electron chi connectivity index (χ0n) is 30.5. The normalized spacial score (nSPS) is 12.7. The first-order valence-corrected chi connectivity index (χ1v) is 17.8. The van der Waals surface area contributed by atoms with E-state index in [4.69, 9.17) is 5.73 Å². The molecule has 0 radical (unpaired) electrons. The van der Waals surface area contributed by atoms with Gasteiger partial charge in [-0.3, -0.25) is 14.4 Å². The van der Waals surface area contributed by atoms with Crippen LogP contribution >= 0.6 is 0 Å². The van der Waals surface area contributed by atoms with Gasteiger partial charge in [-0.1, -0.05) is 111 Å². The summed E-state index contributed by atoms with van der Waals surface area (Å²) >= 11 is 0. The van der Waals surface area contributed by atoms with Gasteiger partial charge in [0.1, 0.15) is 12.1 Å². The minimum atomic E-state index is -1.08. The second-order valence-corrected chi connectivity index (χ2v) is 13.4. The first kappa shape index (κ1) is 39.6. The van der Waals surface area contributed by atoms with Gasteiger partial charge in [0.2, 0.25) is 17.7 Å². The first-order chi connectivity index (χ1) is 24.9. The number of carbonyl (C=O) groups is 3. The number of amides is 3. The molecule has 0 heterocycles. The van der Waals surface area contributed by atoms with Crippen molar-refractivity contribution in [1.82, 2.24) is 15.1 Å². The fraction of sp³-hybridized carbons (Fsp3) is 0.326. The lowest BCUT2D eigenvalue weighted by atomic mass is 9.90. The molecule has 4 aromatic rings. The van der Waals surface area contributed by atoms with Crippen molar-refractivity contribution in [2.75, 3.05) is 20.6 Å². The lowest BCUT2D eigenvalue weighted by molar-refractivity contribution is -0.146. The maximum absolute atomic E-state index is 14.5. The van der Waals surface area contributed by atoms with Gasteiger partial charge in [-0.05, 0) is 71.7 Å². The summed E-state index contributed by atoms with van der Waals surface area (Å²) in [7, 11) is 3.08. The van der Waals surface area contributed by atoms with Crippen LogP contribution in [0.25, 0.3) is 11.1 Å². The Morgan fingerprint density at radius 2 is 1.31 bits per heavy atom. The molecule has 3 N–H and O–H groups in total. The number of likely N-dealkylation sites (N-methyl/N-ethyl adjacent to an activating group) is 2. The van der Waals surface area contributed by atoms with E-state index in [-0.39, 0.29) is 18.7 Å². The first-order valence-electron chi connectivity index (χ1n) is 17.8. The predicted octanol–water partition coefficient (Wildman–Crippen LogP) is 6.89. The maximum atomic E-state index is 14.5. The zero-order valence-corrected chi connectivity index (χ0v) is 30.5. The average molecular weight is 709 g/mol. The Balaban J connectivity index is 1.63. The van der Waals surface area contributed by atoms with E-state index in [9.17, 15) is 23.2 Å². The molecule has 0 saturated carbocycles. The topological polar surface area (TPSA) is 95.7 Å². The van der Waals surface area contributed by atoms with Crippen molar-refractivity contribution >= 4 is 17.7 Å². The molecule has 0 aliphatic heterocycles. The number of nitrogens with zero attached hydrogens (tertiary/aromatic N) is 2. The number of halogens is 2. The third kappa shape index (κ3) is 10.9. The minimum Gasteiger partial charge on any atom is -0.354 e. The molecule has 2 atom stereocenters. The van der Waals surface area contributed by atoms with Crippen LogP contribution in [-0.2, 0) is 33.6 Å². The number of nitrogens with two attached hydrogens (primary N) is 1. The molecule has 0 aliphatic carbocycles. The van der Waals surface area contributed by atoms with E-state index in [2.05, 4.69) is 5.32 Å². The molecule has 0 bridgehead atoms. The Labute approximate surface area is 306 Å². The molecule has 7 nitrogen and oxygen atoms in total. The number of rotatable bonds is 17. The van der Waals surface area contributed by atoms with Crippen molar-refractivity contribution < 1.29 is 23.2 Å². The maximum Gasteiger partial charge on any atom is 0.246 e. The van der Waals surface area contributed by atoms with Gasteiger partial charge < -0.3 is 20.9 Å². The summed E-state index contributed by atoms with van der Waals surface area (Å²) in [6.07, 6.45) is 5.85. The summed E-state index contributed by atoms with van der Waals surface area (Å²) in [5.41, 5.74) is 10.3. The fourth-order valence-corrected chi connectivity index (χ4v) is 6.06. The highest BCUT2D eigenvalue weighted by molar-refractivity contribution is 5.95. The number of carbonyl (C=O) groups excluding carboxylic acids is 3. The van der Waals surface area contributed by atoms with E-state index in [0.717, 1.165) is 47.2 Å². The molecular weight excluding hydrogens is 658 g/mol. The smallest absolute Gasteiger partial charge is 0.246 e. The van der Waals surface area contributed by atoms with Gasteiger partial charge in [-0.15, -0.1) is 0 Å². The third-order valence-electron chi connectivity index (χ3n) is 9.87. The van der Waals surface area contributed by atoms with E-state index in [1.807, 2.05) is 98.8 Å². The van der Waals surface area contributed by atoms with Crippen LogP contribution in [0.4, 0.5) is 8.78 Å². The Hall–Kier alpha value is -5.15. The van der Waals surface area contributed by atoms with Crippen LogP contribution in [0.1, 0.15) is 49.8 Å². The van der Waals surface area contributed by atoms with Gasteiger partial charge in [0.05, 0.1) is 0 Å². The highest BCUT2D eigenvalue weighted by Gasteiger charge is 2.35. The van der Waals surface area contributed by atoms with Crippen LogP contribution in [0.3, 0.4) is 0 Å². The summed E-state index contributed by atoms with van der Waals surface area (Å²) in [6.45, 7) is 4.32. The lowest BCUT2D eigenvalue weighted by Crippen LogP contribution is -2.56. The summed E-state index contributed by atoms with van der Waals surface area (Å²) in [5, 5.41) is 2.92. The molecule has 0 unspecified atom stereocenters. The molecule has 0 spiro atoms. The van der Waals surface area contributed by atoms with Crippen molar-refractivity contribution in [3.63, 3.8) is 0 Å². The van der Waals surface area contributed by atoms with Gasteiger partial charge in [-0.25, -0.2) is 8.78 Å². The Morgan fingerprint density at radius 3 is 1.92 bits per heavy atom. The van der Waals surface area contributed by atoms with E-state index >= 15 is 0 Å². The van der Waals surface area contributed by atoms with Crippen LogP contribution in [-0.4, -0.2) is 65.8 Å². The summed E-state index contributed by atoms with van der Waals surface area (Å²) in [6, 6.07) is 28.7. The quantitative estimate of drug-likeness (QED) is 0.117. The molecule has 0 aromatic heterocycles. The minimum absolute atomic E-state index is 0.0702.